The van der Waals surface area contributed by atoms with Gasteiger partial charge in [0, 0.05) is 6.42 Å². The van der Waals surface area contributed by atoms with Crippen LogP contribution in [0.2, 0.25) is 0 Å². The fraction of sp³-hybridized carbons (Fsp3) is 0.625. The predicted octanol–water partition coefficient (Wildman–Crippen LogP) is 0.947. The third-order valence-electron chi connectivity index (χ3n) is 1.19. The standard InChI is InChI=1S/C8H13NO3/c1-4-8(11)7(3)9-12-5-6(2)10/h4-5H2,1-3H3. The van der Waals surface area contributed by atoms with Crippen molar-refractivity contribution in [3.05, 3.63) is 0 Å². The number of nitrogens with zero attached hydrogens (tertiary/aromatic N) is 1. The normalized spacial score (nSPS) is 11.1. The van der Waals surface area contributed by atoms with E-state index in [-0.39, 0.29) is 18.2 Å². The Hall–Kier alpha value is -1.19. The Kier molecular flexibility index (Phi) is 4.92. The van der Waals surface area contributed by atoms with Crippen LogP contribution in [0.25, 0.3) is 0 Å². The van der Waals surface area contributed by atoms with E-state index < -0.39 is 0 Å². The Morgan fingerprint density at radius 3 is 2.33 bits per heavy atom. The van der Waals surface area contributed by atoms with Gasteiger partial charge in [-0.05, 0) is 13.8 Å². The lowest BCUT2D eigenvalue weighted by atomic mass is 10.2. The van der Waals surface area contributed by atoms with Gasteiger partial charge in [0.15, 0.2) is 18.2 Å². The number of carbonyl (C=O) groups excluding carboxylic acids is 2. The van der Waals surface area contributed by atoms with Crippen LogP contribution in [0, 0.1) is 0 Å². The van der Waals surface area contributed by atoms with E-state index in [1.165, 1.54) is 6.92 Å². The van der Waals surface area contributed by atoms with Crippen LogP contribution in [-0.4, -0.2) is 23.9 Å². The van der Waals surface area contributed by atoms with Crippen molar-refractivity contribution in [2.75, 3.05) is 6.61 Å². The molecular formula is C8H13NO3. The number of ketones is 2. The Labute approximate surface area is 71.6 Å². The maximum atomic E-state index is 10.9. The van der Waals surface area contributed by atoms with Crippen molar-refractivity contribution >= 4 is 17.3 Å². The van der Waals surface area contributed by atoms with E-state index in [4.69, 9.17) is 0 Å². The van der Waals surface area contributed by atoms with E-state index in [0.29, 0.717) is 12.1 Å². The molecule has 0 spiro atoms. The topological polar surface area (TPSA) is 55.7 Å². The molecule has 0 aliphatic carbocycles. The molecule has 4 heteroatoms. The number of rotatable bonds is 5. The lowest BCUT2D eigenvalue weighted by Gasteiger charge is -1.96. The van der Waals surface area contributed by atoms with Crippen LogP contribution in [0.1, 0.15) is 27.2 Å². The second-order valence-electron chi connectivity index (χ2n) is 2.43. The molecule has 12 heavy (non-hydrogen) atoms. The quantitative estimate of drug-likeness (QED) is 0.457. The molecule has 0 saturated carbocycles. The average Bonchev–Trinajstić information content (AvgIpc) is 2.02. The molecule has 0 N–H and O–H groups in total. The first-order chi connectivity index (χ1) is 5.57. The van der Waals surface area contributed by atoms with E-state index in [0.717, 1.165) is 0 Å². The highest BCUT2D eigenvalue weighted by molar-refractivity contribution is 6.38. The van der Waals surface area contributed by atoms with Gasteiger partial charge in [0.2, 0.25) is 0 Å². The van der Waals surface area contributed by atoms with Crippen molar-refractivity contribution in [1.29, 1.82) is 0 Å². The van der Waals surface area contributed by atoms with Crippen LogP contribution in [-0.2, 0) is 14.4 Å². The highest BCUT2D eigenvalue weighted by atomic mass is 16.6. The Balaban J connectivity index is 3.84. The predicted molar refractivity (Wildman–Crippen MR) is 45.0 cm³/mol. The Morgan fingerprint density at radius 2 is 1.92 bits per heavy atom. The van der Waals surface area contributed by atoms with Gasteiger partial charge in [-0.1, -0.05) is 12.1 Å². The maximum absolute atomic E-state index is 10.9. The molecule has 0 heterocycles. The molecule has 68 valence electrons. The van der Waals surface area contributed by atoms with Crippen LogP contribution < -0.4 is 0 Å². The molecule has 0 aromatic heterocycles. The fourth-order valence-electron chi connectivity index (χ4n) is 0.527. The largest absolute Gasteiger partial charge is 0.387 e. The van der Waals surface area contributed by atoms with Crippen molar-refractivity contribution < 1.29 is 14.4 Å². The summed E-state index contributed by atoms with van der Waals surface area (Å²) >= 11 is 0. The molecule has 4 nitrogen and oxygen atoms in total. The molecule has 0 fully saturated rings. The van der Waals surface area contributed by atoms with Gasteiger partial charge in [0.1, 0.15) is 5.71 Å². The zero-order valence-corrected chi connectivity index (χ0v) is 7.59. The summed E-state index contributed by atoms with van der Waals surface area (Å²) in [6, 6.07) is 0. The first-order valence-electron chi connectivity index (χ1n) is 3.77. The summed E-state index contributed by atoms with van der Waals surface area (Å²) < 4.78 is 0. The number of hydrogen-bond acceptors (Lipinski definition) is 4. The third-order valence-corrected chi connectivity index (χ3v) is 1.19. The van der Waals surface area contributed by atoms with Gasteiger partial charge < -0.3 is 4.84 Å². The van der Waals surface area contributed by atoms with Crippen molar-refractivity contribution in [1.82, 2.24) is 0 Å². The van der Waals surface area contributed by atoms with E-state index in [2.05, 4.69) is 9.99 Å². The van der Waals surface area contributed by atoms with Gasteiger partial charge in [-0.25, -0.2) is 0 Å². The first kappa shape index (κ1) is 10.8. The molecular weight excluding hydrogens is 158 g/mol. The van der Waals surface area contributed by atoms with E-state index in [1.54, 1.807) is 13.8 Å². The fourth-order valence-corrected chi connectivity index (χ4v) is 0.527. The molecule has 0 amide bonds. The summed E-state index contributed by atoms with van der Waals surface area (Å²) in [5, 5.41) is 3.48. The van der Waals surface area contributed by atoms with Gasteiger partial charge in [-0.15, -0.1) is 0 Å². The van der Waals surface area contributed by atoms with Crippen LogP contribution in [0.5, 0.6) is 0 Å². The zero-order chi connectivity index (χ0) is 9.56. The van der Waals surface area contributed by atoms with E-state index in [9.17, 15) is 9.59 Å². The minimum Gasteiger partial charge on any atom is -0.387 e. The zero-order valence-electron chi connectivity index (χ0n) is 7.59. The summed E-state index contributed by atoms with van der Waals surface area (Å²) in [5.41, 5.74) is 0.304. The minimum atomic E-state index is -0.115. The number of hydrogen-bond donors (Lipinski definition) is 0. The van der Waals surface area contributed by atoms with Crippen LogP contribution >= 0.6 is 0 Å². The monoisotopic (exact) mass is 171 g/mol. The van der Waals surface area contributed by atoms with Gasteiger partial charge in [0.05, 0.1) is 0 Å². The molecule has 0 unspecified atom stereocenters. The Morgan fingerprint density at radius 1 is 1.33 bits per heavy atom. The highest BCUT2D eigenvalue weighted by Crippen LogP contribution is 1.88. The summed E-state index contributed by atoms with van der Waals surface area (Å²) in [6.07, 6.45) is 0.402. The van der Waals surface area contributed by atoms with E-state index >= 15 is 0 Å². The highest BCUT2D eigenvalue weighted by Gasteiger charge is 2.02. The lowest BCUT2D eigenvalue weighted by Crippen LogP contribution is -2.10. The molecule has 0 aliphatic rings. The summed E-state index contributed by atoms with van der Waals surface area (Å²) in [5.74, 6) is -0.186. The van der Waals surface area contributed by atoms with Gasteiger partial charge in [0.25, 0.3) is 0 Å². The third kappa shape index (κ3) is 4.60. The molecule has 0 aliphatic heterocycles. The van der Waals surface area contributed by atoms with Crippen molar-refractivity contribution in [2.24, 2.45) is 5.16 Å². The van der Waals surface area contributed by atoms with Crippen molar-refractivity contribution in [2.45, 2.75) is 27.2 Å². The number of carbonyl (C=O) groups is 2. The molecule has 0 saturated heterocycles. The Bertz CT molecular complexity index is 208. The number of Topliss-reactive ketones (excluding diaryl/α,β-unsaturated/α-hetero) is 2. The molecule has 0 bridgehead atoms. The minimum absolute atomic E-state index is 0.0708. The second kappa shape index (κ2) is 5.46. The van der Waals surface area contributed by atoms with Gasteiger partial charge >= 0.3 is 0 Å². The summed E-state index contributed by atoms with van der Waals surface area (Å²) in [4.78, 5) is 25.9. The van der Waals surface area contributed by atoms with Gasteiger partial charge in [-0.2, -0.15) is 0 Å². The van der Waals surface area contributed by atoms with Crippen molar-refractivity contribution in [3.8, 4) is 0 Å². The molecule has 0 atom stereocenters. The molecule has 0 radical (unpaired) electrons. The van der Waals surface area contributed by atoms with Crippen LogP contribution in [0.15, 0.2) is 5.16 Å². The smallest absolute Gasteiger partial charge is 0.179 e. The maximum Gasteiger partial charge on any atom is 0.179 e. The average molecular weight is 171 g/mol. The molecule has 0 aromatic carbocycles. The number of oxime groups is 1. The van der Waals surface area contributed by atoms with Gasteiger partial charge in [-0.3, -0.25) is 9.59 Å². The second-order valence-corrected chi connectivity index (χ2v) is 2.43. The summed E-state index contributed by atoms with van der Waals surface area (Å²) in [7, 11) is 0. The summed E-state index contributed by atoms with van der Waals surface area (Å²) in [6.45, 7) is 4.62. The van der Waals surface area contributed by atoms with E-state index in [1.807, 2.05) is 0 Å². The van der Waals surface area contributed by atoms with Crippen LogP contribution in [0.3, 0.4) is 0 Å². The molecule has 0 rings (SSSR count). The molecule has 0 aromatic rings. The van der Waals surface area contributed by atoms with Crippen molar-refractivity contribution in [3.63, 3.8) is 0 Å². The SMILES string of the molecule is CCC(=O)C(C)=NOCC(C)=O. The van der Waals surface area contributed by atoms with Crippen LogP contribution in [0.4, 0.5) is 0 Å². The lowest BCUT2D eigenvalue weighted by molar-refractivity contribution is -0.121. The first-order valence-corrected chi connectivity index (χ1v) is 3.77.